The molecule has 1 N–H and O–H groups in total. The van der Waals surface area contributed by atoms with Crippen LogP contribution in [0.3, 0.4) is 0 Å². The van der Waals surface area contributed by atoms with Gasteiger partial charge in [-0.3, -0.25) is 0 Å². The van der Waals surface area contributed by atoms with Gasteiger partial charge in [0.25, 0.3) is 0 Å². The molecule has 0 aliphatic carbocycles. The first-order valence-corrected chi connectivity index (χ1v) is 2.98. The van der Waals surface area contributed by atoms with E-state index in [0.717, 1.165) is 5.57 Å². The molecular weight excluding hydrogens is 122 g/mol. The fourth-order valence-electron chi connectivity index (χ4n) is 0.556. The lowest BCUT2D eigenvalue weighted by molar-refractivity contribution is 0.851. The fraction of sp³-hybridized carbons (Fsp3) is 0.333. The Bertz CT molecular complexity index is 137. The Morgan fingerprint density at radius 3 is 2.88 bits per heavy atom. The van der Waals surface area contributed by atoms with Crippen molar-refractivity contribution in [1.82, 2.24) is 5.32 Å². The zero-order valence-corrected chi connectivity index (χ0v) is 5.44. The van der Waals surface area contributed by atoms with E-state index in [-0.39, 0.29) is 5.50 Å². The van der Waals surface area contributed by atoms with E-state index >= 15 is 0 Å². The second-order valence-electron chi connectivity index (χ2n) is 1.80. The summed E-state index contributed by atoms with van der Waals surface area (Å²) in [6, 6.07) is 0. The summed E-state index contributed by atoms with van der Waals surface area (Å²) in [6.07, 6.45) is 5.77. The number of alkyl halides is 1. The van der Waals surface area contributed by atoms with Crippen molar-refractivity contribution in [3.05, 3.63) is 23.9 Å². The summed E-state index contributed by atoms with van der Waals surface area (Å²) in [6.45, 7) is 1.99. The van der Waals surface area contributed by atoms with E-state index in [1.807, 2.05) is 25.3 Å². The summed E-state index contributed by atoms with van der Waals surface area (Å²) in [5.41, 5.74) is 1.16. The van der Waals surface area contributed by atoms with E-state index in [1.54, 1.807) is 0 Å². The molecule has 1 aliphatic rings. The van der Waals surface area contributed by atoms with Gasteiger partial charge in [0, 0.05) is 0 Å². The number of dihydropyridines is 1. The molecule has 1 atom stereocenters. The zero-order chi connectivity index (χ0) is 5.98. The third kappa shape index (κ3) is 1.04. The molecule has 0 saturated heterocycles. The average molecular weight is 130 g/mol. The van der Waals surface area contributed by atoms with Gasteiger partial charge in [-0.1, -0.05) is 17.7 Å². The van der Waals surface area contributed by atoms with Crippen molar-refractivity contribution >= 4 is 11.6 Å². The van der Waals surface area contributed by atoms with Crippen LogP contribution in [0, 0.1) is 0 Å². The minimum Gasteiger partial charge on any atom is -0.372 e. The van der Waals surface area contributed by atoms with E-state index in [1.165, 1.54) is 0 Å². The Labute approximate surface area is 54.0 Å². The van der Waals surface area contributed by atoms with Crippen LogP contribution in [0.25, 0.3) is 0 Å². The maximum Gasteiger partial charge on any atom is 0.123 e. The molecule has 0 saturated carbocycles. The van der Waals surface area contributed by atoms with Crippen molar-refractivity contribution < 1.29 is 0 Å². The van der Waals surface area contributed by atoms with Crippen molar-refractivity contribution in [3.8, 4) is 0 Å². The standard InChI is InChI=1S/C6H8ClN/c1-5-3-2-4-8-6(5)7/h2-4,6,8H,1H3. The summed E-state index contributed by atoms with van der Waals surface area (Å²) in [7, 11) is 0. The summed E-state index contributed by atoms with van der Waals surface area (Å²) in [5.74, 6) is 0. The predicted octanol–water partition coefficient (Wildman–Crippen LogP) is 1.61. The number of allylic oxidation sites excluding steroid dienone is 2. The van der Waals surface area contributed by atoms with Gasteiger partial charge in [0.15, 0.2) is 0 Å². The molecule has 0 aromatic heterocycles. The number of rotatable bonds is 0. The molecule has 1 aliphatic heterocycles. The number of hydrogen-bond donors (Lipinski definition) is 1. The fourth-order valence-corrected chi connectivity index (χ4v) is 0.701. The van der Waals surface area contributed by atoms with Crippen LogP contribution in [0.5, 0.6) is 0 Å². The molecule has 1 nitrogen and oxygen atoms in total. The van der Waals surface area contributed by atoms with Gasteiger partial charge in [-0.25, -0.2) is 0 Å². The lowest BCUT2D eigenvalue weighted by Crippen LogP contribution is -2.20. The van der Waals surface area contributed by atoms with Crippen LogP contribution >= 0.6 is 11.6 Å². The number of nitrogens with one attached hydrogen (secondary N) is 1. The van der Waals surface area contributed by atoms with Gasteiger partial charge in [0.2, 0.25) is 0 Å². The van der Waals surface area contributed by atoms with Crippen LogP contribution < -0.4 is 5.32 Å². The van der Waals surface area contributed by atoms with Crippen molar-refractivity contribution in [3.63, 3.8) is 0 Å². The van der Waals surface area contributed by atoms with Crippen molar-refractivity contribution in [1.29, 1.82) is 0 Å². The van der Waals surface area contributed by atoms with E-state index in [0.29, 0.717) is 0 Å². The Morgan fingerprint density at radius 2 is 2.50 bits per heavy atom. The van der Waals surface area contributed by atoms with Gasteiger partial charge in [-0.2, -0.15) is 0 Å². The average Bonchev–Trinajstić information content (AvgIpc) is 1.77. The summed E-state index contributed by atoms with van der Waals surface area (Å²) >= 11 is 5.74. The van der Waals surface area contributed by atoms with E-state index in [9.17, 15) is 0 Å². The predicted molar refractivity (Wildman–Crippen MR) is 35.7 cm³/mol. The van der Waals surface area contributed by atoms with Crippen LogP contribution in [-0.4, -0.2) is 5.50 Å². The molecule has 1 heterocycles. The minimum atomic E-state index is -0.000000000000000222. The summed E-state index contributed by atoms with van der Waals surface area (Å²) in [5, 5.41) is 2.95. The Morgan fingerprint density at radius 1 is 1.75 bits per heavy atom. The van der Waals surface area contributed by atoms with Crippen molar-refractivity contribution in [2.45, 2.75) is 12.4 Å². The molecule has 0 amide bonds. The van der Waals surface area contributed by atoms with Crippen LogP contribution in [0.2, 0.25) is 0 Å². The van der Waals surface area contributed by atoms with Gasteiger partial charge in [0.05, 0.1) is 0 Å². The molecule has 0 fully saturated rings. The largest absolute Gasteiger partial charge is 0.372 e. The van der Waals surface area contributed by atoms with Crippen LogP contribution in [0.4, 0.5) is 0 Å². The van der Waals surface area contributed by atoms with E-state index < -0.39 is 0 Å². The van der Waals surface area contributed by atoms with Gasteiger partial charge in [0.1, 0.15) is 5.50 Å². The summed E-state index contributed by atoms with van der Waals surface area (Å²) < 4.78 is 0. The first-order valence-electron chi connectivity index (χ1n) is 2.54. The van der Waals surface area contributed by atoms with Crippen LogP contribution in [-0.2, 0) is 0 Å². The Hall–Kier alpha value is -0.430. The quantitative estimate of drug-likeness (QED) is 0.387. The highest BCUT2D eigenvalue weighted by molar-refractivity contribution is 6.22. The van der Waals surface area contributed by atoms with E-state index in [2.05, 4.69) is 5.32 Å². The Kier molecular flexibility index (Phi) is 1.59. The molecule has 0 bridgehead atoms. The molecule has 8 heavy (non-hydrogen) atoms. The third-order valence-electron chi connectivity index (χ3n) is 1.10. The van der Waals surface area contributed by atoms with Gasteiger partial charge in [-0.05, 0) is 24.8 Å². The molecule has 1 unspecified atom stereocenters. The normalized spacial score (nSPS) is 26.8. The molecule has 0 radical (unpaired) electrons. The van der Waals surface area contributed by atoms with Crippen molar-refractivity contribution in [2.75, 3.05) is 0 Å². The SMILES string of the molecule is CC1=CC=CNC1Cl. The first kappa shape index (κ1) is 5.70. The monoisotopic (exact) mass is 129 g/mol. The second kappa shape index (κ2) is 2.23. The maximum atomic E-state index is 5.74. The smallest absolute Gasteiger partial charge is 0.123 e. The highest BCUT2D eigenvalue weighted by Crippen LogP contribution is 2.08. The number of halogens is 1. The summed E-state index contributed by atoms with van der Waals surface area (Å²) in [4.78, 5) is 0. The Balaban J connectivity index is 2.66. The van der Waals surface area contributed by atoms with Crippen LogP contribution in [0.15, 0.2) is 23.9 Å². The molecule has 2 heteroatoms. The molecule has 0 aromatic rings. The van der Waals surface area contributed by atoms with Gasteiger partial charge >= 0.3 is 0 Å². The topological polar surface area (TPSA) is 12.0 Å². The lowest BCUT2D eigenvalue weighted by atomic mass is 10.2. The molecular formula is C6H8ClN. The maximum absolute atomic E-state index is 5.74. The molecule has 1 rings (SSSR count). The zero-order valence-electron chi connectivity index (χ0n) is 4.69. The number of hydrogen-bond acceptors (Lipinski definition) is 1. The second-order valence-corrected chi connectivity index (χ2v) is 2.24. The molecule has 0 spiro atoms. The van der Waals surface area contributed by atoms with E-state index in [4.69, 9.17) is 11.6 Å². The van der Waals surface area contributed by atoms with Crippen molar-refractivity contribution in [2.24, 2.45) is 0 Å². The highest BCUT2D eigenvalue weighted by atomic mass is 35.5. The first-order chi connectivity index (χ1) is 3.80. The lowest BCUT2D eigenvalue weighted by Gasteiger charge is -2.12. The molecule has 44 valence electrons. The third-order valence-corrected chi connectivity index (χ3v) is 1.57. The molecule has 0 aromatic carbocycles. The highest BCUT2D eigenvalue weighted by Gasteiger charge is 2.03. The van der Waals surface area contributed by atoms with Gasteiger partial charge < -0.3 is 5.32 Å². The van der Waals surface area contributed by atoms with Crippen LogP contribution in [0.1, 0.15) is 6.92 Å². The minimum absolute atomic E-state index is 0.000000000000000222. The van der Waals surface area contributed by atoms with Gasteiger partial charge in [-0.15, -0.1) is 0 Å².